The smallest absolute Gasteiger partial charge is 0.257 e. The predicted octanol–water partition coefficient (Wildman–Crippen LogP) is 0.323. The summed E-state index contributed by atoms with van der Waals surface area (Å²) in [4.78, 5) is 13.4. The third-order valence-electron chi connectivity index (χ3n) is 2.40. The summed E-state index contributed by atoms with van der Waals surface area (Å²) in [5, 5.41) is 3.12. The van der Waals surface area contributed by atoms with Crippen LogP contribution in [0.3, 0.4) is 0 Å². The number of rotatable bonds is 2. The maximum absolute atomic E-state index is 11.7. The molecular formula is C9H12N2O2. The van der Waals surface area contributed by atoms with Crippen LogP contribution in [0.2, 0.25) is 0 Å². The Balaban J connectivity index is 2.04. The summed E-state index contributed by atoms with van der Waals surface area (Å²) in [5.74, 6) is 0.0280. The van der Waals surface area contributed by atoms with Crippen LogP contribution in [0.4, 0.5) is 0 Å². The van der Waals surface area contributed by atoms with E-state index in [1.807, 2.05) is 7.05 Å². The quantitative estimate of drug-likeness (QED) is 0.713. The number of nitrogens with one attached hydrogen (secondary N) is 1. The third-order valence-corrected chi connectivity index (χ3v) is 2.40. The van der Waals surface area contributed by atoms with Gasteiger partial charge in [-0.1, -0.05) is 0 Å². The summed E-state index contributed by atoms with van der Waals surface area (Å²) >= 11 is 0. The molecule has 1 aliphatic rings. The Bertz CT molecular complexity index is 291. The summed E-state index contributed by atoms with van der Waals surface area (Å²) in [5.41, 5.74) is 0.620. The van der Waals surface area contributed by atoms with Crippen LogP contribution in [0.1, 0.15) is 10.4 Å². The highest BCUT2D eigenvalue weighted by Gasteiger charge is 2.26. The topological polar surface area (TPSA) is 45.5 Å². The minimum absolute atomic E-state index is 0.0280. The number of hydrogen-bond acceptors (Lipinski definition) is 3. The van der Waals surface area contributed by atoms with Crippen molar-refractivity contribution in [2.24, 2.45) is 0 Å². The van der Waals surface area contributed by atoms with Gasteiger partial charge in [-0.15, -0.1) is 0 Å². The molecule has 2 heterocycles. The van der Waals surface area contributed by atoms with Crippen LogP contribution in [0.25, 0.3) is 0 Å². The molecule has 70 valence electrons. The lowest BCUT2D eigenvalue weighted by atomic mass is 10.1. The van der Waals surface area contributed by atoms with Crippen molar-refractivity contribution in [1.29, 1.82) is 0 Å². The van der Waals surface area contributed by atoms with E-state index in [9.17, 15) is 4.79 Å². The van der Waals surface area contributed by atoms with Gasteiger partial charge in [0.25, 0.3) is 5.91 Å². The van der Waals surface area contributed by atoms with Crippen molar-refractivity contribution in [3.63, 3.8) is 0 Å². The third kappa shape index (κ3) is 1.45. The van der Waals surface area contributed by atoms with Gasteiger partial charge in [0.2, 0.25) is 0 Å². The molecular weight excluding hydrogens is 168 g/mol. The van der Waals surface area contributed by atoms with Crippen LogP contribution >= 0.6 is 0 Å². The van der Waals surface area contributed by atoms with Crippen LogP contribution in [0.15, 0.2) is 23.0 Å². The Kier molecular flexibility index (Phi) is 2.06. The highest BCUT2D eigenvalue weighted by molar-refractivity contribution is 5.93. The lowest BCUT2D eigenvalue weighted by Crippen LogP contribution is -2.57. The van der Waals surface area contributed by atoms with Crippen molar-refractivity contribution in [3.8, 4) is 0 Å². The maximum atomic E-state index is 11.7. The molecule has 0 atom stereocenters. The van der Waals surface area contributed by atoms with Crippen molar-refractivity contribution in [2.75, 3.05) is 20.1 Å². The SMILES string of the molecule is CN(C(=O)c1ccoc1)C1CNC1. The predicted molar refractivity (Wildman–Crippen MR) is 47.5 cm³/mol. The molecule has 0 bridgehead atoms. The molecule has 0 aliphatic carbocycles. The number of hydrogen-bond donors (Lipinski definition) is 1. The zero-order chi connectivity index (χ0) is 9.26. The first-order chi connectivity index (χ1) is 6.29. The van der Waals surface area contributed by atoms with E-state index in [1.165, 1.54) is 12.5 Å². The largest absolute Gasteiger partial charge is 0.472 e. The Morgan fingerprint density at radius 3 is 2.92 bits per heavy atom. The average molecular weight is 180 g/mol. The lowest BCUT2D eigenvalue weighted by Gasteiger charge is -2.35. The molecule has 1 saturated heterocycles. The second kappa shape index (κ2) is 3.22. The van der Waals surface area contributed by atoms with Crippen LogP contribution in [0.5, 0.6) is 0 Å². The van der Waals surface area contributed by atoms with Crippen molar-refractivity contribution in [2.45, 2.75) is 6.04 Å². The fourth-order valence-electron chi connectivity index (χ4n) is 1.30. The molecule has 1 N–H and O–H groups in total. The van der Waals surface area contributed by atoms with Gasteiger partial charge in [0.05, 0.1) is 17.9 Å². The normalized spacial score (nSPS) is 16.7. The van der Waals surface area contributed by atoms with Gasteiger partial charge in [-0.25, -0.2) is 0 Å². The highest BCUT2D eigenvalue weighted by atomic mass is 16.3. The standard InChI is InChI=1S/C9H12N2O2/c1-11(8-4-10-5-8)9(12)7-2-3-13-6-7/h2-3,6,8,10H,4-5H2,1H3. The molecule has 0 spiro atoms. The molecule has 1 aliphatic heterocycles. The molecule has 1 aromatic rings. The van der Waals surface area contributed by atoms with E-state index in [4.69, 9.17) is 4.42 Å². The second-order valence-corrected chi connectivity index (χ2v) is 3.24. The fraction of sp³-hybridized carbons (Fsp3) is 0.444. The van der Waals surface area contributed by atoms with Crippen LogP contribution in [-0.2, 0) is 0 Å². The summed E-state index contributed by atoms with van der Waals surface area (Å²) in [6.07, 6.45) is 2.99. The molecule has 0 unspecified atom stereocenters. The van der Waals surface area contributed by atoms with E-state index in [0.29, 0.717) is 11.6 Å². The number of furan rings is 1. The monoisotopic (exact) mass is 180 g/mol. The summed E-state index contributed by atoms with van der Waals surface area (Å²) < 4.78 is 4.85. The molecule has 0 aromatic carbocycles. The molecule has 0 radical (unpaired) electrons. The Hall–Kier alpha value is -1.29. The minimum Gasteiger partial charge on any atom is -0.472 e. The van der Waals surface area contributed by atoms with Crippen LogP contribution < -0.4 is 5.32 Å². The molecule has 4 nitrogen and oxygen atoms in total. The van der Waals surface area contributed by atoms with E-state index in [2.05, 4.69) is 5.32 Å². The van der Waals surface area contributed by atoms with Crippen molar-refractivity contribution >= 4 is 5.91 Å². The molecule has 2 rings (SSSR count). The second-order valence-electron chi connectivity index (χ2n) is 3.24. The summed E-state index contributed by atoms with van der Waals surface area (Å²) in [6, 6.07) is 2.02. The fourth-order valence-corrected chi connectivity index (χ4v) is 1.30. The maximum Gasteiger partial charge on any atom is 0.257 e. The first-order valence-corrected chi connectivity index (χ1v) is 4.29. The number of amides is 1. The Morgan fingerprint density at radius 1 is 1.69 bits per heavy atom. The zero-order valence-electron chi connectivity index (χ0n) is 7.49. The summed E-state index contributed by atoms with van der Waals surface area (Å²) in [7, 11) is 1.82. The molecule has 13 heavy (non-hydrogen) atoms. The average Bonchev–Trinajstić information content (AvgIpc) is 2.51. The Labute approximate surface area is 76.5 Å². The Morgan fingerprint density at radius 2 is 2.46 bits per heavy atom. The molecule has 0 saturated carbocycles. The van der Waals surface area contributed by atoms with E-state index in [1.54, 1.807) is 11.0 Å². The molecule has 4 heteroatoms. The van der Waals surface area contributed by atoms with Gasteiger partial charge < -0.3 is 14.6 Å². The van der Waals surface area contributed by atoms with Crippen molar-refractivity contribution in [1.82, 2.24) is 10.2 Å². The van der Waals surface area contributed by atoms with E-state index in [-0.39, 0.29) is 5.91 Å². The van der Waals surface area contributed by atoms with Gasteiger partial charge in [-0.3, -0.25) is 4.79 Å². The number of carbonyl (C=O) groups is 1. The zero-order valence-corrected chi connectivity index (χ0v) is 7.49. The van der Waals surface area contributed by atoms with Crippen LogP contribution in [0, 0.1) is 0 Å². The number of nitrogens with zero attached hydrogens (tertiary/aromatic N) is 1. The van der Waals surface area contributed by atoms with Crippen LogP contribution in [-0.4, -0.2) is 37.0 Å². The number of likely N-dealkylation sites (N-methyl/N-ethyl adjacent to an activating group) is 1. The van der Waals surface area contributed by atoms with Gasteiger partial charge in [0.15, 0.2) is 0 Å². The molecule has 1 aromatic heterocycles. The number of carbonyl (C=O) groups excluding carboxylic acids is 1. The van der Waals surface area contributed by atoms with Gasteiger partial charge in [0, 0.05) is 20.1 Å². The highest BCUT2D eigenvalue weighted by Crippen LogP contribution is 2.09. The van der Waals surface area contributed by atoms with Gasteiger partial charge in [-0.2, -0.15) is 0 Å². The first-order valence-electron chi connectivity index (χ1n) is 4.29. The lowest BCUT2D eigenvalue weighted by molar-refractivity contribution is 0.0680. The van der Waals surface area contributed by atoms with Crippen molar-refractivity contribution < 1.29 is 9.21 Å². The molecule has 1 amide bonds. The van der Waals surface area contributed by atoms with E-state index < -0.39 is 0 Å². The molecule has 1 fully saturated rings. The van der Waals surface area contributed by atoms with E-state index in [0.717, 1.165) is 13.1 Å². The minimum atomic E-state index is 0.0280. The van der Waals surface area contributed by atoms with Gasteiger partial charge in [0.1, 0.15) is 6.26 Å². The van der Waals surface area contributed by atoms with Crippen molar-refractivity contribution in [3.05, 3.63) is 24.2 Å². The first kappa shape index (κ1) is 8.31. The van der Waals surface area contributed by atoms with E-state index >= 15 is 0 Å². The van der Waals surface area contributed by atoms with Gasteiger partial charge in [-0.05, 0) is 6.07 Å². The summed E-state index contributed by atoms with van der Waals surface area (Å²) in [6.45, 7) is 1.78. The van der Waals surface area contributed by atoms with Gasteiger partial charge >= 0.3 is 0 Å².